The molecule has 1 aliphatic rings. The molecule has 2 rings (SSSR count). The quantitative estimate of drug-likeness (QED) is 0.875. The van der Waals surface area contributed by atoms with E-state index in [4.69, 9.17) is 0 Å². The summed E-state index contributed by atoms with van der Waals surface area (Å²) in [4.78, 5) is 25.6. The van der Waals surface area contributed by atoms with Crippen molar-refractivity contribution in [1.82, 2.24) is 15.5 Å². The van der Waals surface area contributed by atoms with Crippen LogP contribution in [0.4, 0.5) is 9.18 Å². The smallest absolute Gasteiger partial charge is 0.315 e. The number of urea groups is 1. The monoisotopic (exact) mass is 321 g/mol. The molecule has 0 bridgehead atoms. The number of nitrogens with zero attached hydrogens (tertiary/aromatic N) is 1. The van der Waals surface area contributed by atoms with E-state index in [1.807, 2.05) is 4.90 Å². The summed E-state index contributed by atoms with van der Waals surface area (Å²) in [5.74, 6) is -0.198. The standard InChI is InChI=1S/C17H24FN3O2/c18-15-7-5-14(6-8-15)13-20-17(23)19-10-9-16(22)21-11-3-1-2-4-12-21/h5-8H,1-4,9-13H2,(H2,19,20,23). The van der Waals surface area contributed by atoms with Crippen LogP contribution >= 0.6 is 0 Å². The molecule has 1 aromatic carbocycles. The van der Waals surface area contributed by atoms with Gasteiger partial charge >= 0.3 is 6.03 Å². The first-order valence-corrected chi connectivity index (χ1v) is 8.19. The molecule has 23 heavy (non-hydrogen) atoms. The van der Waals surface area contributed by atoms with Gasteiger partial charge in [0.15, 0.2) is 0 Å². The molecule has 126 valence electrons. The number of hydrogen-bond acceptors (Lipinski definition) is 2. The van der Waals surface area contributed by atoms with E-state index in [9.17, 15) is 14.0 Å². The molecule has 0 atom stereocenters. The van der Waals surface area contributed by atoms with Gasteiger partial charge in [0.25, 0.3) is 0 Å². The topological polar surface area (TPSA) is 61.4 Å². The second-order valence-corrected chi connectivity index (χ2v) is 5.78. The molecule has 0 spiro atoms. The number of benzene rings is 1. The van der Waals surface area contributed by atoms with Gasteiger partial charge in [0.05, 0.1) is 0 Å². The molecule has 0 aliphatic carbocycles. The Morgan fingerprint density at radius 3 is 2.30 bits per heavy atom. The van der Waals surface area contributed by atoms with Crippen LogP contribution in [0.1, 0.15) is 37.7 Å². The summed E-state index contributed by atoms with van der Waals surface area (Å²) in [5.41, 5.74) is 0.821. The number of carbonyl (C=O) groups is 2. The first-order valence-electron chi connectivity index (χ1n) is 8.19. The zero-order valence-corrected chi connectivity index (χ0v) is 13.3. The highest BCUT2D eigenvalue weighted by Gasteiger charge is 2.15. The lowest BCUT2D eigenvalue weighted by molar-refractivity contribution is -0.131. The van der Waals surface area contributed by atoms with Gasteiger partial charge in [0, 0.05) is 32.6 Å². The Kier molecular flexibility index (Phi) is 6.84. The number of carbonyl (C=O) groups excluding carboxylic acids is 2. The third-order valence-electron chi connectivity index (χ3n) is 3.95. The lowest BCUT2D eigenvalue weighted by atomic mass is 10.2. The molecule has 1 heterocycles. The Hall–Kier alpha value is -2.11. The van der Waals surface area contributed by atoms with E-state index in [0.717, 1.165) is 31.5 Å². The van der Waals surface area contributed by atoms with E-state index in [-0.39, 0.29) is 17.8 Å². The summed E-state index contributed by atoms with van der Waals surface area (Å²) in [7, 11) is 0. The molecular formula is C17H24FN3O2. The van der Waals surface area contributed by atoms with E-state index in [1.165, 1.54) is 25.0 Å². The molecule has 1 aromatic rings. The Balaban J connectivity index is 1.62. The first-order chi connectivity index (χ1) is 11.1. The Morgan fingerprint density at radius 2 is 1.65 bits per heavy atom. The number of rotatable bonds is 5. The molecule has 0 saturated carbocycles. The molecule has 3 amide bonds. The fourth-order valence-electron chi connectivity index (χ4n) is 2.61. The van der Waals surface area contributed by atoms with Crippen LogP contribution in [0, 0.1) is 5.82 Å². The van der Waals surface area contributed by atoms with Crippen molar-refractivity contribution >= 4 is 11.9 Å². The fraction of sp³-hybridized carbons (Fsp3) is 0.529. The summed E-state index contributed by atoms with van der Waals surface area (Å²) in [5, 5.41) is 5.36. The minimum Gasteiger partial charge on any atom is -0.343 e. The lowest BCUT2D eigenvalue weighted by Crippen LogP contribution is -2.38. The molecular weight excluding hydrogens is 297 g/mol. The zero-order valence-electron chi connectivity index (χ0n) is 13.3. The van der Waals surface area contributed by atoms with Crippen molar-refractivity contribution in [2.45, 2.75) is 38.6 Å². The molecule has 1 saturated heterocycles. The average Bonchev–Trinajstić information content (AvgIpc) is 2.83. The summed E-state index contributed by atoms with van der Waals surface area (Å²) in [6.45, 7) is 2.31. The van der Waals surface area contributed by atoms with Crippen LogP contribution in [0.15, 0.2) is 24.3 Å². The number of nitrogens with one attached hydrogen (secondary N) is 2. The van der Waals surface area contributed by atoms with Gasteiger partial charge in [-0.3, -0.25) is 4.79 Å². The van der Waals surface area contributed by atoms with Crippen molar-refractivity contribution in [3.8, 4) is 0 Å². The molecule has 0 aromatic heterocycles. The summed E-state index contributed by atoms with van der Waals surface area (Å²) < 4.78 is 12.8. The molecule has 0 unspecified atom stereocenters. The predicted octanol–water partition coefficient (Wildman–Crippen LogP) is 2.42. The van der Waals surface area contributed by atoms with Crippen LogP contribution in [-0.2, 0) is 11.3 Å². The van der Waals surface area contributed by atoms with Crippen molar-refractivity contribution in [3.05, 3.63) is 35.6 Å². The van der Waals surface area contributed by atoms with Crippen LogP contribution in [0.2, 0.25) is 0 Å². The number of halogens is 1. The van der Waals surface area contributed by atoms with Gasteiger partial charge in [-0.15, -0.1) is 0 Å². The maximum atomic E-state index is 12.8. The van der Waals surface area contributed by atoms with Crippen molar-refractivity contribution in [3.63, 3.8) is 0 Å². The van der Waals surface area contributed by atoms with E-state index in [1.54, 1.807) is 12.1 Å². The summed E-state index contributed by atoms with van der Waals surface area (Å²) >= 11 is 0. The van der Waals surface area contributed by atoms with Gasteiger partial charge in [-0.2, -0.15) is 0 Å². The van der Waals surface area contributed by atoms with Gasteiger partial charge in [-0.25, -0.2) is 9.18 Å². The van der Waals surface area contributed by atoms with Gasteiger partial charge in [-0.1, -0.05) is 25.0 Å². The van der Waals surface area contributed by atoms with Crippen LogP contribution in [0.5, 0.6) is 0 Å². The highest BCUT2D eigenvalue weighted by molar-refractivity contribution is 5.78. The fourth-order valence-corrected chi connectivity index (χ4v) is 2.61. The summed E-state index contributed by atoms with van der Waals surface area (Å²) in [6.07, 6.45) is 4.83. The normalized spacial score (nSPS) is 14.9. The number of likely N-dealkylation sites (tertiary alicyclic amines) is 1. The van der Waals surface area contributed by atoms with E-state index in [0.29, 0.717) is 19.5 Å². The van der Waals surface area contributed by atoms with Crippen molar-refractivity contribution in [2.24, 2.45) is 0 Å². The Bertz CT molecular complexity index is 511. The third kappa shape index (κ3) is 6.26. The van der Waals surface area contributed by atoms with Crippen molar-refractivity contribution < 1.29 is 14.0 Å². The molecule has 0 radical (unpaired) electrons. The Labute approximate surface area is 136 Å². The third-order valence-corrected chi connectivity index (χ3v) is 3.95. The average molecular weight is 321 g/mol. The van der Waals surface area contributed by atoms with Crippen LogP contribution in [0.3, 0.4) is 0 Å². The SMILES string of the molecule is O=C(NCCC(=O)N1CCCCCC1)NCc1ccc(F)cc1. The van der Waals surface area contributed by atoms with E-state index < -0.39 is 0 Å². The van der Waals surface area contributed by atoms with Gasteiger partial charge in [0.1, 0.15) is 5.82 Å². The first kappa shape index (κ1) is 17.2. The maximum Gasteiger partial charge on any atom is 0.315 e. The predicted molar refractivity (Wildman–Crippen MR) is 86.3 cm³/mol. The van der Waals surface area contributed by atoms with E-state index in [2.05, 4.69) is 10.6 Å². The maximum absolute atomic E-state index is 12.8. The Morgan fingerprint density at radius 1 is 1.00 bits per heavy atom. The number of amides is 3. The highest BCUT2D eigenvalue weighted by atomic mass is 19.1. The van der Waals surface area contributed by atoms with Crippen molar-refractivity contribution in [1.29, 1.82) is 0 Å². The van der Waals surface area contributed by atoms with Gasteiger partial charge < -0.3 is 15.5 Å². The zero-order chi connectivity index (χ0) is 16.5. The number of hydrogen-bond donors (Lipinski definition) is 2. The minimum atomic E-state index is -0.321. The lowest BCUT2D eigenvalue weighted by Gasteiger charge is -2.20. The van der Waals surface area contributed by atoms with Gasteiger partial charge in [-0.05, 0) is 30.5 Å². The molecule has 5 nitrogen and oxygen atoms in total. The molecule has 6 heteroatoms. The molecule has 1 aliphatic heterocycles. The molecule has 2 N–H and O–H groups in total. The summed E-state index contributed by atoms with van der Waals surface area (Å²) in [6, 6.07) is 5.64. The second-order valence-electron chi connectivity index (χ2n) is 5.78. The largest absolute Gasteiger partial charge is 0.343 e. The van der Waals surface area contributed by atoms with E-state index >= 15 is 0 Å². The minimum absolute atomic E-state index is 0.103. The van der Waals surface area contributed by atoms with Gasteiger partial charge in [0.2, 0.25) is 5.91 Å². The van der Waals surface area contributed by atoms with Crippen LogP contribution < -0.4 is 10.6 Å². The van der Waals surface area contributed by atoms with Crippen molar-refractivity contribution in [2.75, 3.05) is 19.6 Å². The second kappa shape index (κ2) is 9.12. The van der Waals surface area contributed by atoms with Crippen LogP contribution in [0.25, 0.3) is 0 Å². The van der Waals surface area contributed by atoms with Crippen LogP contribution in [-0.4, -0.2) is 36.5 Å². The molecule has 1 fully saturated rings. The highest BCUT2D eigenvalue weighted by Crippen LogP contribution is 2.10.